The third-order valence-corrected chi connectivity index (χ3v) is 4.49. The molecule has 0 saturated heterocycles. The normalized spacial score (nSPS) is 11.9. The molecule has 0 atom stereocenters. The van der Waals surface area contributed by atoms with Crippen molar-refractivity contribution in [1.82, 2.24) is 19.6 Å². The standard InChI is InChI=1S/C23H18F2N6O2/c24-23(25)33-21-15-17(30-13-4-12-27-30)7-8-19(21)31-14-10-20(32)22(29-31)18(9-11-26)28-16-5-2-1-3-6-16/h1-15,23H,26H2. The fourth-order valence-electron chi connectivity index (χ4n) is 3.07. The predicted molar refractivity (Wildman–Crippen MR) is 120 cm³/mol. The lowest BCUT2D eigenvalue weighted by molar-refractivity contribution is -0.0499. The van der Waals surface area contributed by atoms with Crippen molar-refractivity contribution in [3.8, 4) is 17.1 Å². The summed E-state index contributed by atoms with van der Waals surface area (Å²) in [6.45, 7) is -3.06. The van der Waals surface area contributed by atoms with Gasteiger partial charge in [-0.25, -0.2) is 14.4 Å². The van der Waals surface area contributed by atoms with Crippen LogP contribution in [0.25, 0.3) is 11.4 Å². The average Bonchev–Trinajstić information content (AvgIpc) is 3.35. The zero-order valence-electron chi connectivity index (χ0n) is 17.1. The van der Waals surface area contributed by atoms with Crippen LogP contribution in [0.5, 0.6) is 5.75 Å². The molecule has 0 amide bonds. The summed E-state index contributed by atoms with van der Waals surface area (Å²) in [4.78, 5) is 17.0. The second-order valence-electron chi connectivity index (χ2n) is 6.65. The van der Waals surface area contributed by atoms with E-state index in [-0.39, 0.29) is 22.8 Å². The van der Waals surface area contributed by atoms with E-state index >= 15 is 0 Å². The van der Waals surface area contributed by atoms with Gasteiger partial charge in [0.1, 0.15) is 5.69 Å². The molecular formula is C23H18F2N6O2. The maximum absolute atomic E-state index is 13.1. The van der Waals surface area contributed by atoms with E-state index < -0.39 is 12.0 Å². The van der Waals surface area contributed by atoms with Crippen molar-refractivity contribution in [3.05, 3.63) is 107 Å². The van der Waals surface area contributed by atoms with Gasteiger partial charge in [-0.2, -0.15) is 19.0 Å². The number of nitrogens with zero attached hydrogens (tertiary/aromatic N) is 5. The fourth-order valence-corrected chi connectivity index (χ4v) is 3.07. The lowest BCUT2D eigenvalue weighted by Gasteiger charge is -2.14. The highest BCUT2D eigenvalue weighted by Crippen LogP contribution is 2.27. The quantitative estimate of drug-likeness (QED) is 0.436. The van der Waals surface area contributed by atoms with Gasteiger partial charge in [0.2, 0.25) is 5.43 Å². The van der Waals surface area contributed by atoms with Crippen molar-refractivity contribution in [2.24, 2.45) is 10.7 Å². The Hall–Kier alpha value is -4.60. The topological polar surface area (TPSA) is 100 Å². The summed E-state index contributed by atoms with van der Waals surface area (Å²) in [6, 6.07) is 16.5. The molecule has 0 aliphatic rings. The highest BCUT2D eigenvalue weighted by molar-refractivity contribution is 6.08. The van der Waals surface area contributed by atoms with Gasteiger partial charge in [-0.15, -0.1) is 0 Å². The Labute approximate surface area is 186 Å². The van der Waals surface area contributed by atoms with Gasteiger partial charge in [0.25, 0.3) is 0 Å². The Morgan fingerprint density at radius 3 is 2.58 bits per heavy atom. The van der Waals surface area contributed by atoms with Gasteiger partial charge < -0.3 is 10.5 Å². The number of hydrogen-bond donors (Lipinski definition) is 1. The van der Waals surface area contributed by atoms with Crippen LogP contribution < -0.4 is 15.9 Å². The van der Waals surface area contributed by atoms with Crippen molar-refractivity contribution in [1.29, 1.82) is 0 Å². The summed E-state index contributed by atoms with van der Waals surface area (Å²) in [6.07, 6.45) is 7.28. The van der Waals surface area contributed by atoms with E-state index in [2.05, 4.69) is 15.2 Å². The third-order valence-electron chi connectivity index (χ3n) is 4.49. The molecule has 0 aliphatic heterocycles. The molecule has 0 aliphatic carbocycles. The van der Waals surface area contributed by atoms with Gasteiger partial charge in [0, 0.05) is 30.7 Å². The van der Waals surface area contributed by atoms with E-state index in [4.69, 9.17) is 10.5 Å². The molecule has 4 aromatic rings. The van der Waals surface area contributed by atoms with Crippen LogP contribution >= 0.6 is 0 Å². The van der Waals surface area contributed by atoms with E-state index in [1.807, 2.05) is 6.07 Å². The van der Waals surface area contributed by atoms with Gasteiger partial charge in [-0.1, -0.05) is 18.2 Å². The zero-order chi connectivity index (χ0) is 23.2. The molecule has 33 heavy (non-hydrogen) atoms. The van der Waals surface area contributed by atoms with E-state index in [0.29, 0.717) is 11.4 Å². The van der Waals surface area contributed by atoms with Crippen molar-refractivity contribution in [3.63, 3.8) is 0 Å². The third kappa shape index (κ3) is 5.01. The summed E-state index contributed by atoms with van der Waals surface area (Å²) < 4.78 is 33.8. The van der Waals surface area contributed by atoms with Crippen LogP contribution in [0.4, 0.5) is 14.5 Å². The molecule has 0 fully saturated rings. The van der Waals surface area contributed by atoms with E-state index in [1.54, 1.807) is 54.9 Å². The molecule has 0 radical (unpaired) electrons. The zero-order valence-corrected chi connectivity index (χ0v) is 17.1. The molecule has 2 aromatic heterocycles. The Bertz CT molecular complexity index is 1350. The van der Waals surface area contributed by atoms with Crippen LogP contribution in [-0.2, 0) is 0 Å². The van der Waals surface area contributed by atoms with E-state index in [9.17, 15) is 13.6 Å². The number of benzene rings is 2. The Kier molecular flexibility index (Phi) is 6.35. The summed E-state index contributed by atoms with van der Waals surface area (Å²) >= 11 is 0. The fraction of sp³-hybridized carbons (Fsp3) is 0.0435. The molecule has 2 aromatic carbocycles. The number of alkyl halides is 2. The highest BCUT2D eigenvalue weighted by Gasteiger charge is 2.16. The molecule has 0 spiro atoms. The monoisotopic (exact) mass is 448 g/mol. The first-order chi connectivity index (χ1) is 16.0. The van der Waals surface area contributed by atoms with Crippen molar-refractivity contribution in [2.45, 2.75) is 6.61 Å². The minimum atomic E-state index is -3.06. The molecule has 0 saturated carbocycles. The summed E-state index contributed by atoms with van der Waals surface area (Å²) in [5.74, 6) is -0.143. The van der Waals surface area contributed by atoms with Gasteiger partial charge >= 0.3 is 6.61 Å². The summed E-state index contributed by atoms with van der Waals surface area (Å²) in [5, 5.41) is 8.43. The molecule has 0 unspecified atom stereocenters. The number of aromatic nitrogens is 4. The lowest BCUT2D eigenvalue weighted by atomic mass is 10.2. The molecule has 8 nitrogen and oxygen atoms in total. The first kappa shape index (κ1) is 21.6. The Morgan fingerprint density at radius 1 is 1.06 bits per heavy atom. The molecule has 166 valence electrons. The SMILES string of the molecule is NC=CC(=Nc1ccccc1)c1nn(-c2ccc(-n3cccn3)cc2OC(F)F)ccc1=O. The number of allylic oxidation sites excluding steroid dienone is 1. The summed E-state index contributed by atoms with van der Waals surface area (Å²) in [5.41, 5.74) is 6.64. The second-order valence-corrected chi connectivity index (χ2v) is 6.65. The number of hydrogen-bond acceptors (Lipinski definition) is 6. The highest BCUT2D eigenvalue weighted by atomic mass is 19.3. The number of ether oxygens (including phenoxy) is 1. The van der Waals surface area contributed by atoms with Crippen LogP contribution in [0.3, 0.4) is 0 Å². The van der Waals surface area contributed by atoms with Crippen LogP contribution in [-0.4, -0.2) is 31.9 Å². The number of para-hydroxylation sites is 1. The Balaban J connectivity index is 1.83. The first-order valence-electron chi connectivity index (χ1n) is 9.77. The number of nitrogens with two attached hydrogens (primary N) is 1. The van der Waals surface area contributed by atoms with Crippen LogP contribution in [0.2, 0.25) is 0 Å². The van der Waals surface area contributed by atoms with Gasteiger partial charge in [-0.05, 0) is 42.6 Å². The molecule has 2 heterocycles. The molecule has 10 heteroatoms. The van der Waals surface area contributed by atoms with Crippen molar-refractivity contribution in [2.75, 3.05) is 0 Å². The summed E-state index contributed by atoms with van der Waals surface area (Å²) in [7, 11) is 0. The number of halogens is 2. The minimum absolute atomic E-state index is 0.0118. The first-order valence-corrected chi connectivity index (χ1v) is 9.77. The predicted octanol–water partition coefficient (Wildman–Crippen LogP) is 3.61. The average molecular weight is 448 g/mol. The molecule has 2 N–H and O–H groups in total. The van der Waals surface area contributed by atoms with Crippen LogP contribution in [0.1, 0.15) is 5.69 Å². The van der Waals surface area contributed by atoms with E-state index in [1.165, 1.54) is 40.0 Å². The second kappa shape index (κ2) is 9.69. The van der Waals surface area contributed by atoms with Gasteiger partial charge in [0.15, 0.2) is 11.4 Å². The maximum atomic E-state index is 13.1. The van der Waals surface area contributed by atoms with Crippen LogP contribution in [0, 0.1) is 0 Å². The largest absolute Gasteiger partial charge is 0.432 e. The molecular weight excluding hydrogens is 430 g/mol. The van der Waals surface area contributed by atoms with Crippen molar-refractivity contribution < 1.29 is 13.5 Å². The number of aliphatic imine (C=N–C) groups is 1. The Morgan fingerprint density at radius 2 is 1.88 bits per heavy atom. The number of rotatable bonds is 7. The lowest BCUT2D eigenvalue weighted by Crippen LogP contribution is -2.21. The van der Waals surface area contributed by atoms with Gasteiger partial charge in [0.05, 0.1) is 17.1 Å². The van der Waals surface area contributed by atoms with E-state index in [0.717, 1.165) is 0 Å². The molecule has 4 rings (SSSR count). The van der Waals surface area contributed by atoms with Crippen LogP contribution in [0.15, 0.2) is 101 Å². The maximum Gasteiger partial charge on any atom is 0.387 e. The smallest absolute Gasteiger partial charge is 0.387 e. The molecule has 0 bridgehead atoms. The van der Waals surface area contributed by atoms with Gasteiger partial charge in [-0.3, -0.25) is 4.79 Å². The van der Waals surface area contributed by atoms with Crippen molar-refractivity contribution >= 4 is 11.4 Å². The minimum Gasteiger partial charge on any atom is -0.432 e.